The Morgan fingerprint density at radius 2 is 1.86 bits per heavy atom. The van der Waals surface area contributed by atoms with E-state index in [0.29, 0.717) is 28.5 Å². The van der Waals surface area contributed by atoms with E-state index in [1.807, 2.05) is 0 Å². The molecule has 42 heavy (non-hydrogen) atoms. The largest absolute Gasteiger partial charge is 0.573 e. The number of aromatic carboxylic acids is 1. The average molecular weight is 603 g/mol. The van der Waals surface area contributed by atoms with Crippen molar-refractivity contribution in [1.82, 2.24) is 15.0 Å². The lowest BCUT2D eigenvalue weighted by Gasteiger charge is -2.41. The summed E-state index contributed by atoms with van der Waals surface area (Å²) in [6, 6.07) is 8.79. The lowest BCUT2D eigenvalue weighted by atomic mass is 10.0. The first-order chi connectivity index (χ1) is 20.1. The summed E-state index contributed by atoms with van der Waals surface area (Å²) in [4.78, 5) is 20.5. The van der Waals surface area contributed by atoms with Crippen LogP contribution in [0, 0.1) is 5.82 Å². The number of carboxylic acids is 1. The molecule has 0 radical (unpaired) electrons. The number of carbonyl (C=O) groups is 1. The molecule has 2 bridgehead atoms. The van der Waals surface area contributed by atoms with Crippen LogP contribution in [0.1, 0.15) is 53.3 Å². The van der Waals surface area contributed by atoms with Crippen LogP contribution in [0.4, 0.5) is 22.7 Å². The highest BCUT2D eigenvalue weighted by atomic mass is 32.1. The molecule has 3 aliphatic rings. The van der Waals surface area contributed by atoms with Gasteiger partial charge >= 0.3 is 12.3 Å². The molecule has 2 saturated heterocycles. The molecule has 2 aliphatic heterocycles. The number of para-hydroxylation sites is 1. The highest BCUT2D eigenvalue weighted by Gasteiger charge is 2.42. The van der Waals surface area contributed by atoms with Gasteiger partial charge in [-0.25, -0.2) is 14.2 Å². The molecule has 0 amide bonds. The number of carboxylic acid groups (broad SMARTS) is 1. The maximum atomic E-state index is 14.6. The molecule has 2 atom stereocenters. The number of hydrogen-bond acceptors (Lipinski definition) is 8. The first-order valence-corrected chi connectivity index (χ1v) is 14.6. The van der Waals surface area contributed by atoms with E-state index in [1.54, 1.807) is 12.1 Å². The quantitative estimate of drug-likeness (QED) is 0.230. The zero-order valence-electron chi connectivity index (χ0n) is 22.2. The molecule has 1 saturated carbocycles. The Morgan fingerprint density at radius 3 is 2.55 bits per heavy atom. The predicted molar refractivity (Wildman–Crippen MR) is 147 cm³/mol. The van der Waals surface area contributed by atoms with E-state index in [0.717, 1.165) is 56.2 Å². The number of nitrogens with zero attached hydrogens (tertiary/aromatic N) is 4. The standard InChI is InChI=1S/C29H26F4N4O4S/c30-21-11-16(27(38)39)12-23-25(21)34-28(42-23)37-17-7-8-18(37)14-36(13-17)10-9-20-24(35-41-26(20)15-5-6-15)19-3-1-2-4-22(19)40-29(31,32)33/h1-4,11-12,15,17-18H,5-10,13-14H2,(H,38,39). The van der Waals surface area contributed by atoms with Crippen molar-refractivity contribution in [2.75, 3.05) is 24.5 Å². The molecule has 1 aliphatic carbocycles. The van der Waals surface area contributed by atoms with Gasteiger partial charge in [0.05, 0.1) is 10.3 Å². The predicted octanol–water partition coefficient (Wildman–Crippen LogP) is 6.46. The fourth-order valence-electron chi connectivity index (χ4n) is 6.28. The van der Waals surface area contributed by atoms with Crippen LogP contribution < -0.4 is 9.64 Å². The third kappa shape index (κ3) is 5.08. The summed E-state index contributed by atoms with van der Waals surface area (Å²) in [5.41, 5.74) is 1.54. The normalized spacial score (nSPS) is 20.9. The number of anilines is 1. The summed E-state index contributed by atoms with van der Waals surface area (Å²) >= 11 is 1.31. The van der Waals surface area contributed by atoms with Gasteiger partial charge in [0.1, 0.15) is 22.7 Å². The molecule has 2 aromatic heterocycles. The third-order valence-electron chi connectivity index (χ3n) is 8.28. The average Bonchev–Trinajstić information content (AvgIpc) is 3.45. The maximum Gasteiger partial charge on any atom is 0.573 e. The molecule has 8 nitrogen and oxygen atoms in total. The Hall–Kier alpha value is -3.71. The summed E-state index contributed by atoms with van der Waals surface area (Å²) in [6.07, 6.45) is -0.438. The van der Waals surface area contributed by atoms with Crippen molar-refractivity contribution in [3.63, 3.8) is 0 Å². The van der Waals surface area contributed by atoms with Gasteiger partial charge < -0.3 is 19.3 Å². The maximum absolute atomic E-state index is 14.6. The van der Waals surface area contributed by atoms with Crippen molar-refractivity contribution in [1.29, 1.82) is 0 Å². The Kier molecular flexibility index (Phi) is 6.61. The highest BCUT2D eigenvalue weighted by Crippen LogP contribution is 2.46. The molecule has 13 heteroatoms. The molecule has 4 aromatic rings. The Morgan fingerprint density at radius 1 is 1.12 bits per heavy atom. The van der Waals surface area contributed by atoms with Crippen LogP contribution in [0.5, 0.6) is 5.75 Å². The second kappa shape index (κ2) is 10.2. The smallest absolute Gasteiger partial charge is 0.478 e. The van der Waals surface area contributed by atoms with E-state index in [1.165, 1.54) is 29.5 Å². The van der Waals surface area contributed by atoms with Gasteiger partial charge in [0.25, 0.3) is 0 Å². The van der Waals surface area contributed by atoms with Gasteiger partial charge in [0, 0.05) is 48.8 Å². The van der Waals surface area contributed by atoms with Crippen LogP contribution in [0.2, 0.25) is 0 Å². The van der Waals surface area contributed by atoms with Crippen molar-refractivity contribution in [3.8, 4) is 17.0 Å². The Bertz CT molecular complexity index is 1650. The summed E-state index contributed by atoms with van der Waals surface area (Å²) in [6.45, 7) is 2.18. The SMILES string of the molecule is O=C(O)c1cc(F)c2nc(N3C4CCC3CN(CCc3c(-c5ccccc5OC(F)(F)F)noc3C3CC3)C4)sc2c1. The van der Waals surface area contributed by atoms with Crippen LogP contribution in [0.15, 0.2) is 40.9 Å². The monoisotopic (exact) mass is 602 g/mol. The van der Waals surface area contributed by atoms with E-state index in [-0.39, 0.29) is 40.4 Å². The summed E-state index contributed by atoms with van der Waals surface area (Å²) in [5.74, 6) is -1.17. The number of ether oxygens (including phenoxy) is 1. The van der Waals surface area contributed by atoms with E-state index in [4.69, 9.17) is 4.52 Å². The van der Waals surface area contributed by atoms with Gasteiger partial charge in [0.2, 0.25) is 0 Å². The van der Waals surface area contributed by atoms with E-state index < -0.39 is 18.1 Å². The van der Waals surface area contributed by atoms with Gasteiger partial charge in [-0.1, -0.05) is 28.6 Å². The Labute approximate surface area is 241 Å². The number of benzene rings is 2. The topological polar surface area (TPSA) is 91.9 Å². The zero-order valence-corrected chi connectivity index (χ0v) is 23.1. The molecule has 7 rings (SSSR count). The van der Waals surface area contributed by atoms with Crippen LogP contribution in [-0.2, 0) is 6.42 Å². The van der Waals surface area contributed by atoms with Crippen molar-refractivity contribution in [2.45, 2.75) is 56.5 Å². The number of rotatable bonds is 8. The number of aromatic nitrogens is 2. The van der Waals surface area contributed by atoms with Crippen molar-refractivity contribution < 1.29 is 36.7 Å². The van der Waals surface area contributed by atoms with E-state index >= 15 is 0 Å². The second-order valence-corrected chi connectivity index (χ2v) is 12.1. The zero-order chi connectivity index (χ0) is 29.2. The molecule has 220 valence electrons. The molecule has 4 heterocycles. The fraction of sp³-hybridized carbons (Fsp3) is 0.414. The molecule has 3 fully saturated rings. The van der Waals surface area contributed by atoms with E-state index in [9.17, 15) is 27.5 Å². The highest BCUT2D eigenvalue weighted by molar-refractivity contribution is 7.22. The van der Waals surface area contributed by atoms with Crippen LogP contribution in [-0.4, -0.2) is 64.2 Å². The third-order valence-corrected chi connectivity index (χ3v) is 9.29. The van der Waals surface area contributed by atoms with Crippen LogP contribution >= 0.6 is 11.3 Å². The lowest BCUT2D eigenvalue weighted by Crippen LogP contribution is -2.54. The van der Waals surface area contributed by atoms with Gasteiger partial charge in [0.15, 0.2) is 10.9 Å². The van der Waals surface area contributed by atoms with Crippen LogP contribution in [0.25, 0.3) is 21.5 Å². The van der Waals surface area contributed by atoms with Gasteiger partial charge in [-0.15, -0.1) is 13.2 Å². The summed E-state index contributed by atoms with van der Waals surface area (Å²) in [7, 11) is 0. The summed E-state index contributed by atoms with van der Waals surface area (Å²) in [5, 5.41) is 14.2. The fourth-order valence-corrected chi connectivity index (χ4v) is 7.45. The van der Waals surface area contributed by atoms with Gasteiger partial charge in [-0.2, -0.15) is 0 Å². The number of likely N-dealkylation sites (tertiary alicyclic amines) is 1. The van der Waals surface area contributed by atoms with Crippen LogP contribution in [0.3, 0.4) is 0 Å². The number of halogens is 4. The number of alkyl halides is 3. The Balaban J connectivity index is 1.10. The molecule has 1 N–H and O–H groups in total. The molecular formula is C29H26F4N4O4S. The molecule has 2 aromatic carbocycles. The lowest BCUT2D eigenvalue weighted by molar-refractivity contribution is -0.274. The van der Waals surface area contributed by atoms with Gasteiger partial charge in [-0.05, 0) is 56.4 Å². The van der Waals surface area contributed by atoms with Crippen molar-refractivity contribution in [3.05, 3.63) is 59.1 Å². The number of hydrogen-bond donors (Lipinski definition) is 1. The minimum Gasteiger partial charge on any atom is -0.478 e. The molecule has 0 spiro atoms. The number of fused-ring (bicyclic) bond motifs is 3. The van der Waals surface area contributed by atoms with Crippen molar-refractivity contribution >= 4 is 32.7 Å². The summed E-state index contributed by atoms with van der Waals surface area (Å²) < 4.78 is 64.5. The minimum atomic E-state index is -4.83. The molecule has 2 unspecified atom stereocenters. The molecular weight excluding hydrogens is 576 g/mol. The van der Waals surface area contributed by atoms with Gasteiger partial charge in [-0.3, -0.25) is 4.90 Å². The number of thiazole rings is 1. The first kappa shape index (κ1) is 27.1. The minimum absolute atomic E-state index is 0.103. The number of piperazine rings is 1. The second-order valence-electron chi connectivity index (χ2n) is 11.1. The first-order valence-electron chi connectivity index (χ1n) is 13.8. The van der Waals surface area contributed by atoms with Crippen molar-refractivity contribution in [2.24, 2.45) is 0 Å². The van der Waals surface area contributed by atoms with E-state index in [2.05, 4.69) is 24.7 Å².